The van der Waals surface area contributed by atoms with Crippen molar-refractivity contribution in [3.05, 3.63) is 48.0 Å². The molecule has 0 fully saturated rings. The highest BCUT2D eigenvalue weighted by Crippen LogP contribution is 2.18. The molecule has 0 aliphatic heterocycles. The molecule has 0 aliphatic rings. The van der Waals surface area contributed by atoms with Gasteiger partial charge in [-0.1, -0.05) is 37.3 Å². The maximum atomic E-state index is 11.3. The molecule has 0 N–H and O–H groups in total. The van der Waals surface area contributed by atoms with Crippen molar-refractivity contribution in [1.82, 2.24) is 0 Å². The summed E-state index contributed by atoms with van der Waals surface area (Å²) in [5.41, 5.74) is 1.07. The highest BCUT2D eigenvalue weighted by Gasteiger charge is 2.24. The third kappa shape index (κ3) is 7.10. The molecule has 0 amide bonds. The van der Waals surface area contributed by atoms with E-state index in [1.807, 2.05) is 44.2 Å². The molecule has 1 rings (SSSR count). The molecule has 1 aromatic carbocycles. The lowest BCUT2D eigenvalue weighted by atomic mass is 9.98. The van der Waals surface area contributed by atoms with E-state index >= 15 is 0 Å². The van der Waals surface area contributed by atoms with Gasteiger partial charge in [-0.05, 0) is 18.6 Å². The Morgan fingerprint density at radius 2 is 1.83 bits per heavy atom. The zero-order chi connectivity index (χ0) is 17.2. The van der Waals surface area contributed by atoms with Crippen LogP contribution in [0, 0.1) is 5.92 Å². The molecule has 0 aliphatic carbocycles. The molecule has 1 aromatic rings. The van der Waals surface area contributed by atoms with Crippen LogP contribution < -0.4 is 0 Å². The van der Waals surface area contributed by atoms with Gasteiger partial charge in [-0.3, -0.25) is 4.79 Å². The topological polar surface area (TPSA) is 61.8 Å². The summed E-state index contributed by atoms with van der Waals surface area (Å²) in [6.07, 6.45) is 2.06. The Labute approximate surface area is 137 Å². The summed E-state index contributed by atoms with van der Waals surface area (Å²) in [7, 11) is 1.29. The van der Waals surface area contributed by atoms with Crippen molar-refractivity contribution in [3.63, 3.8) is 0 Å². The summed E-state index contributed by atoms with van der Waals surface area (Å²) in [5.74, 6) is -1.03. The van der Waals surface area contributed by atoms with Crippen molar-refractivity contribution in [2.45, 2.75) is 39.6 Å². The fraction of sp³-hybridized carbons (Fsp3) is 0.444. The second-order valence-electron chi connectivity index (χ2n) is 5.32. The van der Waals surface area contributed by atoms with Crippen LogP contribution in [0.1, 0.15) is 26.3 Å². The Hall–Kier alpha value is -2.14. The first-order chi connectivity index (χ1) is 10.9. The highest BCUT2D eigenvalue weighted by molar-refractivity contribution is 5.81. The summed E-state index contributed by atoms with van der Waals surface area (Å²) >= 11 is 0. The number of hydrogen-bond donors (Lipinski definition) is 0. The molecule has 0 aromatic heterocycles. The molecule has 23 heavy (non-hydrogen) atoms. The molecule has 126 valence electrons. The van der Waals surface area contributed by atoms with Crippen LogP contribution in [0.3, 0.4) is 0 Å². The second kappa shape index (κ2) is 9.79. The van der Waals surface area contributed by atoms with Crippen molar-refractivity contribution in [2.24, 2.45) is 5.92 Å². The third-order valence-corrected chi connectivity index (χ3v) is 3.54. The lowest BCUT2D eigenvalue weighted by Gasteiger charge is -2.26. The van der Waals surface area contributed by atoms with E-state index in [0.717, 1.165) is 5.56 Å². The molecule has 0 radical (unpaired) electrons. The molecular formula is C18H24O5. The van der Waals surface area contributed by atoms with Crippen LogP contribution in [-0.4, -0.2) is 31.3 Å². The fourth-order valence-corrected chi connectivity index (χ4v) is 1.98. The average molecular weight is 320 g/mol. The van der Waals surface area contributed by atoms with Gasteiger partial charge in [0.25, 0.3) is 0 Å². The van der Waals surface area contributed by atoms with Crippen LogP contribution in [0.2, 0.25) is 0 Å². The predicted octanol–water partition coefficient (Wildman–Crippen LogP) is 2.89. The smallest absolute Gasteiger partial charge is 0.330 e. The number of ether oxygens (including phenoxy) is 3. The molecule has 0 unspecified atom stereocenters. The van der Waals surface area contributed by atoms with Crippen LogP contribution in [0.5, 0.6) is 0 Å². The van der Waals surface area contributed by atoms with E-state index in [0.29, 0.717) is 6.61 Å². The van der Waals surface area contributed by atoms with E-state index in [2.05, 4.69) is 4.74 Å². The Bertz CT molecular complexity index is 523. The summed E-state index contributed by atoms with van der Waals surface area (Å²) in [6.45, 7) is 5.63. The van der Waals surface area contributed by atoms with Crippen molar-refractivity contribution < 1.29 is 23.8 Å². The molecule has 5 heteroatoms. The molecule has 0 spiro atoms. The van der Waals surface area contributed by atoms with Crippen LogP contribution in [0.4, 0.5) is 0 Å². The quantitative estimate of drug-likeness (QED) is 0.544. The Kier molecular flexibility index (Phi) is 8.05. The normalized spacial score (nSPS) is 15.0. The van der Waals surface area contributed by atoms with Crippen molar-refractivity contribution in [1.29, 1.82) is 0 Å². The summed E-state index contributed by atoms with van der Waals surface area (Å²) in [6, 6.07) is 9.82. The van der Waals surface area contributed by atoms with Crippen molar-refractivity contribution in [3.8, 4) is 0 Å². The standard InChI is InChI=1S/C18H24O5/c1-13(14(2)22-12-16-8-6-5-7-9-16)17(23-15(3)19)10-11-18(20)21-4/h5-11,13-14,17H,12H2,1-4H3/b11-10+/t13-,14+,17+/m1/s1. The minimum Gasteiger partial charge on any atom is -0.466 e. The van der Waals surface area contributed by atoms with Gasteiger partial charge in [0.2, 0.25) is 0 Å². The van der Waals surface area contributed by atoms with E-state index in [9.17, 15) is 9.59 Å². The lowest BCUT2D eigenvalue weighted by molar-refractivity contribution is -0.149. The lowest BCUT2D eigenvalue weighted by Crippen LogP contribution is -2.31. The zero-order valence-electron chi connectivity index (χ0n) is 14.0. The van der Waals surface area contributed by atoms with Gasteiger partial charge in [-0.15, -0.1) is 0 Å². The van der Waals surface area contributed by atoms with Gasteiger partial charge < -0.3 is 14.2 Å². The summed E-state index contributed by atoms with van der Waals surface area (Å²) in [5, 5.41) is 0. The molecule has 3 atom stereocenters. The summed E-state index contributed by atoms with van der Waals surface area (Å²) < 4.78 is 15.7. The van der Waals surface area contributed by atoms with Gasteiger partial charge in [-0.25, -0.2) is 4.79 Å². The van der Waals surface area contributed by atoms with Gasteiger partial charge in [0.15, 0.2) is 0 Å². The minimum atomic E-state index is -0.558. The second-order valence-corrected chi connectivity index (χ2v) is 5.32. The Morgan fingerprint density at radius 3 is 2.39 bits per heavy atom. The molecule has 5 nitrogen and oxygen atoms in total. The molecular weight excluding hydrogens is 296 g/mol. The maximum Gasteiger partial charge on any atom is 0.330 e. The molecule has 0 bridgehead atoms. The SMILES string of the molecule is COC(=O)/C=C/[C@H](OC(C)=O)[C@H](C)[C@H](C)OCc1ccccc1. The number of hydrogen-bond acceptors (Lipinski definition) is 5. The number of carbonyl (C=O) groups excluding carboxylic acids is 2. The van der Waals surface area contributed by atoms with Crippen LogP contribution in [0.15, 0.2) is 42.5 Å². The maximum absolute atomic E-state index is 11.3. The molecule has 0 saturated carbocycles. The van der Waals surface area contributed by atoms with Crippen LogP contribution in [-0.2, 0) is 30.4 Å². The third-order valence-electron chi connectivity index (χ3n) is 3.54. The van der Waals surface area contributed by atoms with Crippen LogP contribution in [0.25, 0.3) is 0 Å². The first kappa shape index (κ1) is 18.9. The van der Waals surface area contributed by atoms with E-state index in [4.69, 9.17) is 9.47 Å². The number of benzene rings is 1. The number of carbonyl (C=O) groups is 2. The van der Waals surface area contributed by atoms with Gasteiger partial charge in [-0.2, -0.15) is 0 Å². The number of methoxy groups -OCH3 is 1. The van der Waals surface area contributed by atoms with E-state index in [1.165, 1.54) is 26.2 Å². The first-order valence-corrected chi connectivity index (χ1v) is 7.53. The first-order valence-electron chi connectivity index (χ1n) is 7.53. The van der Waals surface area contributed by atoms with Crippen molar-refractivity contribution in [2.75, 3.05) is 7.11 Å². The summed E-state index contributed by atoms with van der Waals surface area (Å²) in [4.78, 5) is 22.5. The fourth-order valence-electron chi connectivity index (χ4n) is 1.98. The van der Waals surface area contributed by atoms with Crippen molar-refractivity contribution >= 4 is 11.9 Å². The minimum absolute atomic E-state index is 0.122. The molecule has 0 heterocycles. The molecule has 0 saturated heterocycles. The zero-order valence-corrected chi connectivity index (χ0v) is 14.0. The number of rotatable bonds is 8. The predicted molar refractivity (Wildman–Crippen MR) is 86.6 cm³/mol. The van der Waals surface area contributed by atoms with E-state index in [-0.39, 0.29) is 12.0 Å². The average Bonchev–Trinajstić information content (AvgIpc) is 2.56. The van der Waals surface area contributed by atoms with Gasteiger partial charge >= 0.3 is 11.9 Å². The van der Waals surface area contributed by atoms with Gasteiger partial charge in [0.05, 0.1) is 19.8 Å². The number of esters is 2. The largest absolute Gasteiger partial charge is 0.466 e. The monoisotopic (exact) mass is 320 g/mol. The highest BCUT2D eigenvalue weighted by atomic mass is 16.5. The van der Waals surface area contributed by atoms with Gasteiger partial charge in [0, 0.05) is 18.9 Å². The Morgan fingerprint density at radius 1 is 1.17 bits per heavy atom. The van der Waals surface area contributed by atoms with E-state index < -0.39 is 18.0 Å². The van der Waals surface area contributed by atoms with Gasteiger partial charge in [0.1, 0.15) is 6.10 Å². The van der Waals surface area contributed by atoms with E-state index in [1.54, 1.807) is 0 Å². The van der Waals surface area contributed by atoms with Crippen LogP contribution >= 0.6 is 0 Å². The Balaban J connectivity index is 2.66.